The third-order valence-electron chi connectivity index (χ3n) is 2.26. The Balaban J connectivity index is 2.53. The Hall–Kier alpha value is -1.22. The number of hydrogen-bond acceptors (Lipinski definition) is 2. The Morgan fingerprint density at radius 3 is 2.67 bits per heavy atom. The molecule has 0 radical (unpaired) electrons. The van der Waals surface area contributed by atoms with Crippen LogP contribution in [0, 0.1) is 6.92 Å². The van der Waals surface area contributed by atoms with Crippen molar-refractivity contribution >= 4 is 11.6 Å². The zero-order valence-corrected chi connectivity index (χ0v) is 9.75. The second kappa shape index (κ2) is 3.74. The maximum atomic E-state index is 6.01. The van der Waals surface area contributed by atoms with E-state index in [4.69, 9.17) is 16.0 Å². The van der Waals surface area contributed by atoms with Gasteiger partial charge in [0, 0.05) is 6.04 Å². The summed E-state index contributed by atoms with van der Waals surface area (Å²) >= 11 is 6.01. The molecular formula is C11H13ClN2O. The summed E-state index contributed by atoms with van der Waals surface area (Å²) in [7, 11) is 0. The number of rotatable bonds is 2. The van der Waals surface area contributed by atoms with E-state index in [1.54, 1.807) is 6.20 Å². The Morgan fingerprint density at radius 1 is 1.40 bits per heavy atom. The third-order valence-corrected chi connectivity index (χ3v) is 2.54. The molecule has 0 saturated carbocycles. The van der Waals surface area contributed by atoms with Crippen LogP contribution in [0.2, 0.25) is 5.28 Å². The summed E-state index contributed by atoms with van der Waals surface area (Å²) in [4.78, 5) is 4.09. The standard InChI is InChI=1S/C11H13ClN2O/c1-7(2)14-9(6-13-11(14)12)10-5-4-8(3)15-10/h4-7H,1-3H3. The summed E-state index contributed by atoms with van der Waals surface area (Å²) in [6.45, 7) is 6.04. The lowest BCUT2D eigenvalue weighted by Crippen LogP contribution is -2.02. The Kier molecular flexibility index (Phi) is 2.57. The first-order chi connectivity index (χ1) is 7.09. The molecule has 0 saturated heterocycles. The summed E-state index contributed by atoms with van der Waals surface area (Å²) < 4.78 is 7.50. The summed E-state index contributed by atoms with van der Waals surface area (Å²) in [5, 5.41) is 0.494. The van der Waals surface area contributed by atoms with Gasteiger partial charge in [-0.1, -0.05) is 0 Å². The number of nitrogens with zero attached hydrogens (tertiary/aromatic N) is 2. The van der Waals surface area contributed by atoms with Gasteiger partial charge in [0.15, 0.2) is 5.76 Å². The highest BCUT2D eigenvalue weighted by molar-refractivity contribution is 6.28. The highest BCUT2D eigenvalue weighted by Crippen LogP contribution is 2.28. The molecule has 15 heavy (non-hydrogen) atoms. The average molecular weight is 225 g/mol. The number of aromatic nitrogens is 2. The predicted molar refractivity (Wildman–Crippen MR) is 60.1 cm³/mol. The van der Waals surface area contributed by atoms with Crippen LogP contribution in [0.1, 0.15) is 25.6 Å². The normalized spacial score (nSPS) is 11.3. The molecular weight excluding hydrogens is 212 g/mol. The maximum Gasteiger partial charge on any atom is 0.203 e. The molecule has 0 aliphatic heterocycles. The fourth-order valence-electron chi connectivity index (χ4n) is 1.58. The zero-order chi connectivity index (χ0) is 11.0. The fourth-order valence-corrected chi connectivity index (χ4v) is 1.92. The smallest absolute Gasteiger partial charge is 0.203 e. The number of aryl methyl sites for hydroxylation is 1. The highest BCUT2D eigenvalue weighted by atomic mass is 35.5. The molecule has 0 aromatic carbocycles. The minimum atomic E-state index is 0.264. The van der Waals surface area contributed by atoms with Crippen LogP contribution >= 0.6 is 11.6 Å². The maximum absolute atomic E-state index is 6.01. The molecule has 2 aromatic heterocycles. The minimum absolute atomic E-state index is 0.264. The minimum Gasteiger partial charge on any atom is -0.460 e. The molecule has 0 unspecified atom stereocenters. The molecule has 0 spiro atoms. The molecule has 0 N–H and O–H groups in total. The lowest BCUT2D eigenvalue weighted by atomic mass is 10.3. The highest BCUT2D eigenvalue weighted by Gasteiger charge is 2.14. The van der Waals surface area contributed by atoms with E-state index in [0.717, 1.165) is 17.2 Å². The van der Waals surface area contributed by atoms with Crippen molar-refractivity contribution in [3.63, 3.8) is 0 Å². The average Bonchev–Trinajstić information content (AvgIpc) is 2.71. The Labute approximate surface area is 93.7 Å². The van der Waals surface area contributed by atoms with Crippen molar-refractivity contribution in [3.8, 4) is 11.5 Å². The van der Waals surface area contributed by atoms with Crippen LogP contribution < -0.4 is 0 Å². The van der Waals surface area contributed by atoms with Gasteiger partial charge in [-0.25, -0.2) is 4.98 Å². The van der Waals surface area contributed by atoms with Crippen LogP contribution in [0.4, 0.5) is 0 Å². The van der Waals surface area contributed by atoms with E-state index in [-0.39, 0.29) is 6.04 Å². The first-order valence-electron chi connectivity index (χ1n) is 4.89. The third kappa shape index (κ3) is 1.79. The molecule has 80 valence electrons. The molecule has 3 nitrogen and oxygen atoms in total. The molecule has 2 rings (SSSR count). The number of hydrogen-bond donors (Lipinski definition) is 0. The quantitative estimate of drug-likeness (QED) is 0.779. The van der Waals surface area contributed by atoms with Crippen LogP contribution in [0.5, 0.6) is 0 Å². The van der Waals surface area contributed by atoms with E-state index in [1.165, 1.54) is 0 Å². The molecule has 0 bridgehead atoms. The van der Waals surface area contributed by atoms with E-state index >= 15 is 0 Å². The summed E-state index contributed by atoms with van der Waals surface area (Å²) in [5.74, 6) is 1.69. The van der Waals surface area contributed by atoms with Crippen molar-refractivity contribution in [2.75, 3.05) is 0 Å². The topological polar surface area (TPSA) is 31.0 Å². The van der Waals surface area contributed by atoms with Crippen molar-refractivity contribution < 1.29 is 4.42 Å². The van der Waals surface area contributed by atoms with Gasteiger partial charge < -0.3 is 8.98 Å². The van der Waals surface area contributed by atoms with Gasteiger partial charge in [0.1, 0.15) is 11.5 Å². The van der Waals surface area contributed by atoms with Crippen molar-refractivity contribution in [3.05, 3.63) is 29.4 Å². The van der Waals surface area contributed by atoms with Crippen LogP contribution in [0.3, 0.4) is 0 Å². The first kappa shape index (κ1) is 10.3. The second-order valence-corrected chi connectivity index (χ2v) is 4.12. The van der Waals surface area contributed by atoms with E-state index in [2.05, 4.69) is 18.8 Å². The molecule has 0 aliphatic rings. The van der Waals surface area contributed by atoms with Gasteiger partial charge in [0.2, 0.25) is 5.28 Å². The number of imidazole rings is 1. The van der Waals surface area contributed by atoms with Gasteiger partial charge in [0.25, 0.3) is 0 Å². The second-order valence-electron chi connectivity index (χ2n) is 3.79. The lowest BCUT2D eigenvalue weighted by molar-refractivity contribution is 0.531. The molecule has 4 heteroatoms. The summed E-state index contributed by atoms with van der Waals surface area (Å²) in [5.41, 5.74) is 0.920. The van der Waals surface area contributed by atoms with Crippen LogP contribution in [-0.4, -0.2) is 9.55 Å². The molecule has 0 fully saturated rings. The van der Waals surface area contributed by atoms with Crippen LogP contribution in [-0.2, 0) is 0 Å². The fraction of sp³-hybridized carbons (Fsp3) is 0.364. The van der Waals surface area contributed by atoms with Gasteiger partial charge in [-0.05, 0) is 44.5 Å². The van der Waals surface area contributed by atoms with Crippen molar-refractivity contribution in [1.82, 2.24) is 9.55 Å². The molecule has 2 aromatic rings. The van der Waals surface area contributed by atoms with E-state index < -0.39 is 0 Å². The van der Waals surface area contributed by atoms with Crippen molar-refractivity contribution in [1.29, 1.82) is 0 Å². The van der Waals surface area contributed by atoms with Gasteiger partial charge >= 0.3 is 0 Å². The Bertz CT molecular complexity index is 471. The summed E-state index contributed by atoms with van der Waals surface area (Å²) in [6.07, 6.45) is 1.74. The van der Waals surface area contributed by atoms with Gasteiger partial charge in [0.05, 0.1) is 6.20 Å². The first-order valence-corrected chi connectivity index (χ1v) is 5.27. The van der Waals surface area contributed by atoms with Crippen molar-refractivity contribution in [2.45, 2.75) is 26.8 Å². The number of furan rings is 1. The number of halogens is 1. The molecule has 0 aliphatic carbocycles. The molecule has 0 atom stereocenters. The predicted octanol–water partition coefficient (Wildman–Crippen LogP) is 3.69. The lowest BCUT2D eigenvalue weighted by Gasteiger charge is -2.11. The largest absolute Gasteiger partial charge is 0.460 e. The summed E-state index contributed by atoms with van der Waals surface area (Å²) in [6, 6.07) is 4.13. The zero-order valence-electron chi connectivity index (χ0n) is 8.99. The van der Waals surface area contributed by atoms with E-state index in [9.17, 15) is 0 Å². The van der Waals surface area contributed by atoms with Crippen LogP contribution in [0.25, 0.3) is 11.5 Å². The van der Waals surface area contributed by atoms with Gasteiger partial charge in [-0.3, -0.25) is 0 Å². The van der Waals surface area contributed by atoms with E-state index in [0.29, 0.717) is 5.28 Å². The SMILES string of the molecule is Cc1ccc(-c2cnc(Cl)n2C(C)C)o1. The molecule has 2 heterocycles. The monoisotopic (exact) mass is 224 g/mol. The van der Waals surface area contributed by atoms with Crippen molar-refractivity contribution in [2.24, 2.45) is 0 Å². The van der Waals surface area contributed by atoms with E-state index in [1.807, 2.05) is 23.6 Å². The Morgan fingerprint density at radius 2 is 2.13 bits per heavy atom. The van der Waals surface area contributed by atoms with Crippen LogP contribution in [0.15, 0.2) is 22.7 Å². The van der Waals surface area contributed by atoms with Gasteiger partial charge in [-0.2, -0.15) is 0 Å². The molecule has 0 amide bonds. The van der Waals surface area contributed by atoms with Gasteiger partial charge in [-0.15, -0.1) is 0 Å².